The number of rotatable bonds is 4. The lowest BCUT2D eigenvalue weighted by molar-refractivity contribution is 0.668. The maximum absolute atomic E-state index is 6.24. The molecule has 0 atom stereocenters. The maximum Gasteiger partial charge on any atom is 0.164 e. The number of aromatic nitrogens is 4. The standard InChI is InChI=1S/C44H24N4O2S/c1-2-11-25(12-3-1)41-46-42(48-43(47-41)32-19-10-22-35-38(32)30-13-4-6-20-33(30)49-35)28-17-8-16-27-26(28)15-9-18-29(27)44-45-40-37(51-44)24-23-36-39(40)31-14-5-7-21-34(31)50-36/h1-24H. The van der Waals surface area contributed by atoms with Crippen LogP contribution >= 0.6 is 11.3 Å². The van der Waals surface area contributed by atoms with Crippen LogP contribution in [0.1, 0.15) is 0 Å². The number of benzene rings is 7. The molecular weight excluding hydrogens is 649 g/mol. The normalized spacial score (nSPS) is 11.9. The zero-order valence-electron chi connectivity index (χ0n) is 26.9. The molecule has 0 saturated heterocycles. The summed E-state index contributed by atoms with van der Waals surface area (Å²) in [5, 5.41) is 7.21. The van der Waals surface area contributed by atoms with Gasteiger partial charge in [-0.05, 0) is 41.1 Å². The first-order valence-electron chi connectivity index (χ1n) is 16.7. The zero-order valence-corrected chi connectivity index (χ0v) is 27.7. The molecule has 4 heterocycles. The molecule has 238 valence electrons. The molecule has 51 heavy (non-hydrogen) atoms. The van der Waals surface area contributed by atoms with Gasteiger partial charge in [-0.1, -0.05) is 115 Å². The monoisotopic (exact) mass is 672 g/mol. The molecule has 0 aliphatic rings. The molecule has 11 aromatic rings. The summed E-state index contributed by atoms with van der Waals surface area (Å²) in [6, 6.07) is 49.2. The fraction of sp³-hybridized carbons (Fsp3) is 0. The number of hydrogen-bond donors (Lipinski definition) is 0. The molecule has 7 aromatic carbocycles. The van der Waals surface area contributed by atoms with E-state index in [4.69, 9.17) is 28.8 Å². The second-order valence-corrected chi connectivity index (χ2v) is 13.6. The van der Waals surface area contributed by atoms with Gasteiger partial charge in [0.2, 0.25) is 0 Å². The van der Waals surface area contributed by atoms with Crippen LogP contribution in [0, 0.1) is 0 Å². The van der Waals surface area contributed by atoms with Crippen molar-refractivity contribution >= 4 is 76.2 Å². The molecule has 11 rings (SSSR count). The van der Waals surface area contributed by atoms with Crippen LogP contribution < -0.4 is 0 Å². The van der Waals surface area contributed by atoms with E-state index in [0.29, 0.717) is 17.5 Å². The van der Waals surface area contributed by atoms with Crippen molar-refractivity contribution in [2.45, 2.75) is 0 Å². The predicted molar refractivity (Wildman–Crippen MR) is 207 cm³/mol. The van der Waals surface area contributed by atoms with E-state index in [1.54, 1.807) is 11.3 Å². The molecule has 0 unspecified atom stereocenters. The Hall–Kier alpha value is -6.70. The van der Waals surface area contributed by atoms with Crippen LogP contribution in [0.25, 0.3) is 110 Å². The Bertz CT molecular complexity index is 3160. The Morgan fingerprint density at radius 3 is 1.71 bits per heavy atom. The Balaban J connectivity index is 1.13. The summed E-state index contributed by atoms with van der Waals surface area (Å²) in [7, 11) is 0. The van der Waals surface area contributed by atoms with Crippen molar-refractivity contribution in [1.82, 2.24) is 19.9 Å². The van der Waals surface area contributed by atoms with Crippen molar-refractivity contribution in [1.29, 1.82) is 0 Å². The fourth-order valence-corrected chi connectivity index (χ4v) is 8.32. The Morgan fingerprint density at radius 1 is 0.373 bits per heavy atom. The lowest BCUT2D eigenvalue weighted by Gasteiger charge is -2.12. The lowest BCUT2D eigenvalue weighted by Crippen LogP contribution is -2.01. The summed E-state index contributed by atoms with van der Waals surface area (Å²) in [6.07, 6.45) is 0. The molecule has 0 amide bonds. The van der Waals surface area contributed by atoms with Crippen LogP contribution in [0.5, 0.6) is 0 Å². The molecule has 7 heteroatoms. The molecule has 0 N–H and O–H groups in total. The first-order chi connectivity index (χ1) is 25.3. The van der Waals surface area contributed by atoms with Crippen LogP contribution in [0.3, 0.4) is 0 Å². The Morgan fingerprint density at radius 2 is 0.922 bits per heavy atom. The van der Waals surface area contributed by atoms with Gasteiger partial charge in [-0.15, -0.1) is 11.3 Å². The first-order valence-corrected chi connectivity index (χ1v) is 17.5. The van der Waals surface area contributed by atoms with Gasteiger partial charge in [-0.2, -0.15) is 0 Å². The van der Waals surface area contributed by atoms with E-state index in [2.05, 4.69) is 66.7 Å². The van der Waals surface area contributed by atoms with Crippen LogP contribution in [-0.4, -0.2) is 19.9 Å². The summed E-state index contributed by atoms with van der Waals surface area (Å²) in [4.78, 5) is 20.6. The van der Waals surface area contributed by atoms with Gasteiger partial charge >= 0.3 is 0 Å². The highest BCUT2D eigenvalue weighted by Gasteiger charge is 2.20. The molecule has 0 radical (unpaired) electrons. The van der Waals surface area contributed by atoms with Gasteiger partial charge in [-0.25, -0.2) is 19.9 Å². The van der Waals surface area contributed by atoms with Crippen molar-refractivity contribution in [2.24, 2.45) is 0 Å². The topological polar surface area (TPSA) is 77.8 Å². The van der Waals surface area contributed by atoms with E-state index in [9.17, 15) is 0 Å². The summed E-state index contributed by atoms with van der Waals surface area (Å²) in [5.41, 5.74) is 8.09. The average molecular weight is 673 g/mol. The smallest absolute Gasteiger partial charge is 0.164 e. The second kappa shape index (κ2) is 10.9. The van der Waals surface area contributed by atoms with Gasteiger partial charge in [-0.3, -0.25) is 0 Å². The highest BCUT2D eigenvalue weighted by atomic mass is 32.1. The van der Waals surface area contributed by atoms with Crippen molar-refractivity contribution in [3.05, 3.63) is 146 Å². The van der Waals surface area contributed by atoms with Gasteiger partial charge in [0.05, 0.1) is 15.6 Å². The third-order valence-electron chi connectivity index (χ3n) is 9.60. The Labute approximate surface area is 294 Å². The van der Waals surface area contributed by atoms with Crippen LogP contribution in [0.15, 0.2) is 154 Å². The number of fused-ring (bicyclic) bond motifs is 9. The molecule has 0 bridgehead atoms. The van der Waals surface area contributed by atoms with Crippen LogP contribution in [0.2, 0.25) is 0 Å². The second-order valence-electron chi connectivity index (χ2n) is 12.6. The van der Waals surface area contributed by atoms with Crippen molar-refractivity contribution in [3.63, 3.8) is 0 Å². The number of thiazole rings is 1. The molecule has 6 nitrogen and oxygen atoms in total. The minimum absolute atomic E-state index is 0.590. The number of furan rings is 2. The number of nitrogens with zero attached hydrogens (tertiary/aromatic N) is 4. The molecule has 0 spiro atoms. The third-order valence-corrected chi connectivity index (χ3v) is 10.7. The molecule has 4 aromatic heterocycles. The average Bonchev–Trinajstić information content (AvgIpc) is 3.91. The fourth-order valence-electron chi connectivity index (χ4n) is 7.30. The van der Waals surface area contributed by atoms with Gasteiger partial charge in [0.25, 0.3) is 0 Å². The summed E-state index contributed by atoms with van der Waals surface area (Å²) < 4.78 is 13.5. The summed E-state index contributed by atoms with van der Waals surface area (Å²) in [6.45, 7) is 0. The molecule has 0 fully saturated rings. The molecule has 0 aliphatic carbocycles. The van der Waals surface area contributed by atoms with Crippen molar-refractivity contribution < 1.29 is 8.83 Å². The van der Waals surface area contributed by atoms with E-state index in [0.717, 1.165) is 92.1 Å². The van der Waals surface area contributed by atoms with E-state index in [1.807, 2.05) is 78.9 Å². The highest BCUT2D eigenvalue weighted by molar-refractivity contribution is 7.21. The van der Waals surface area contributed by atoms with Crippen LogP contribution in [-0.2, 0) is 0 Å². The molecule has 0 aliphatic heterocycles. The quantitative estimate of drug-likeness (QED) is 0.185. The summed E-state index contributed by atoms with van der Waals surface area (Å²) >= 11 is 1.69. The predicted octanol–water partition coefficient (Wildman–Crippen LogP) is 12.1. The van der Waals surface area contributed by atoms with Crippen LogP contribution in [0.4, 0.5) is 0 Å². The Kier molecular flexibility index (Phi) is 6.02. The van der Waals surface area contributed by atoms with Gasteiger partial charge in [0.1, 0.15) is 27.3 Å². The SMILES string of the molecule is c1ccc(-c2nc(-c3cccc4c(-c5nc6c(ccc7oc8ccccc8c76)s5)cccc34)nc(-c3cccc4oc5ccccc5c34)n2)cc1. The third kappa shape index (κ3) is 4.35. The number of para-hydroxylation sites is 2. The minimum Gasteiger partial charge on any atom is -0.456 e. The number of hydrogen-bond acceptors (Lipinski definition) is 7. The largest absolute Gasteiger partial charge is 0.456 e. The minimum atomic E-state index is 0.590. The van der Waals surface area contributed by atoms with Crippen molar-refractivity contribution in [3.8, 4) is 44.7 Å². The maximum atomic E-state index is 6.24. The van der Waals surface area contributed by atoms with Crippen molar-refractivity contribution in [2.75, 3.05) is 0 Å². The van der Waals surface area contributed by atoms with Gasteiger partial charge in [0.15, 0.2) is 17.5 Å². The van der Waals surface area contributed by atoms with E-state index in [1.165, 1.54) is 0 Å². The van der Waals surface area contributed by atoms with Gasteiger partial charge < -0.3 is 8.83 Å². The van der Waals surface area contributed by atoms with E-state index >= 15 is 0 Å². The molecular formula is C44H24N4O2S. The van der Waals surface area contributed by atoms with E-state index in [-0.39, 0.29) is 0 Å². The summed E-state index contributed by atoms with van der Waals surface area (Å²) in [5.74, 6) is 1.80. The first kappa shape index (κ1) is 28.2. The molecule has 0 saturated carbocycles. The van der Waals surface area contributed by atoms with Gasteiger partial charge in [0, 0.05) is 38.4 Å². The highest BCUT2D eigenvalue weighted by Crippen LogP contribution is 2.42. The zero-order chi connectivity index (χ0) is 33.5. The van der Waals surface area contributed by atoms with E-state index < -0.39 is 0 Å². The lowest BCUT2D eigenvalue weighted by atomic mass is 9.99.